The van der Waals surface area contributed by atoms with E-state index in [1.807, 2.05) is 26.0 Å². The number of hydrogen-bond donors (Lipinski definition) is 1. The van der Waals surface area contributed by atoms with Gasteiger partial charge in [-0.05, 0) is 43.7 Å². The third-order valence-corrected chi connectivity index (χ3v) is 3.01. The second-order valence-corrected chi connectivity index (χ2v) is 4.51. The van der Waals surface area contributed by atoms with E-state index < -0.39 is 0 Å². The summed E-state index contributed by atoms with van der Waals surface area (Å²) < 4.78 is 0. The Labute approximate surface area is 111 Å². The highest BCUT2D eigenvalue weighted by molar-refractivity contribution is 6.31. The number of carbonyl (C=O) groups is 1. The first-order chi connectivity index (χ1) is 8.56. The SMILES string of the molecule is Cc1ccc(C(=O)Nc2ccc(C)c(Cl)c2)cn1. The average molecular weight is 261 g/mol. The lowest BCUT2D eigenvalue weighted by molar-refractivity contribution is 0.102. The lowest BCUT2D eigenvalue weighted by Gasteiger charge is -2.06. The summed E-state index contributed by atoms with van der Waals surface area (Å²) in [5, 5.41) is 3.42. The maximum absolute atomic E-state index is 11.9. The van der Waals surface area contributed by atoms with Gasteiger partial charge >= 0.3 is 0 Å². The molecule has 0 atom stereocenters. The van der Waals surface area contributed by atoms with Crippen LogP contribution in [0.2, 0.25) is 5.02 Å². The van der Waals surface area contributed by atoms with Crippen molar-refractivity contribution in [3.8, 4) is 0 Å². The Bertz CT molecular complexity index is 579. The van der Waals surface area contributed by atoms with Crippen LogP contribution in [0.5, 0.6) is 0 Å². The third-order valence-electron chi connectivity index (χ3n) is 2.60. The molecule has 92 valence electrons. The number of halogens is 1. The number of pyridine rings is 1. The average Bonchev–Trinajstić information content (AvgIpc) is 2.34. The number of carbonyl (C=O) groups excluding carboxylic acids is 1. The monoisotopic (exact) mass is 260 g/mol. The quantitative estimate of drug-likeness (QED) is 0.896. The summed E-state index contributed by atoms with van der Waals surface area (Å²) in [5.74, 6) is -0.192. The van der Waals surface area contributed by atoms with Gasteiger partial charge in [0, 0.05) is 22.6 Å². The number of anilines is 1. The summed E-state index contributed by atoms with van der Waals surface area (Å²) in [5.41, 5.74) is 3.06. The molecule has 0 saturated heterocycles. The van der Waals surface area contributed by atoms with Crippen LogP contribution in [0.25, 0.3) is 0 Å². The normalized spacial score (nSPS) is 10.2. The largest absolute Gasteiger partial charge is 0.322 e. The number of amides is 1. The molecule has 2 rings (SSSR count). The standard InChI is InChI=1S/C14H13ClN2O/c1-9-3-6-12(7-13(9)15)17-14(18)11-5-4-10(2)16-8-11/h3-8H,1-2H3,(H,17,18). The first-order valence-corrected chi connectivity index (χ1v) is 5.94. The van der Waals surface area contributed by atoms with Crippen LogP contribution >= 0.6 is 11.6 Å². The van der Waals surface area contributed by atoms with Crippen molar-refractivity contribution in [2.75, 3.05) is 5.32 Å². The van der Waals surface area contributed by atoms with Crippen LogP contribution in [0.1, 0.15) is 21.6 Å². The molecule has 1 N–H and O–H groups in total. The first kappa shape index (κ1) is 12.6. The van der Waals surface area contributed by atoms with Gasteiger partial charge in [-0.15, -0.1) is 0 Å². The van der Waals surface area contributed by atoms with Crippen molar-refractivity contribution in [1.82, 2.24) is 4.98 Å². The van der Waals surface area contributed by atoms with Gasteiger partial charge in [0.25, 0.3) is 5.91 Å². The van der Waals surface area contributed by atoms with Crippen molar-refractivity contribution in [2.24, 2.45) is 0 Å². The van der Waals surface area contributed by atoms with E-state index in [4.69, 9.17) is 11.6 Å². The fourth-order valence-electron chi connectivity index (χ4n) is 1.48. The summed E-state index contributed by atoms with van der Waals surface area (Å²) in [6.45, 7) is 3.79. The third kappa shape index (κ3) is 2.87. The van der Waals surface area contributed by atoms with Crippen molar-refractivity contribution >= 4 is 23.2 Å². The molecule has 1 amide bonds. The molecule has 1 aromatic heterocycles. The van der Waals surface area contributed by atoms with Gasteiger partial charge < -0.3 is 5.32 Å². The fourth-order valence-corrected chi connectivity index (χ4v) is 1.66. The number of nitrogens with zero attached hydrogens (tertiary/aromatic N) is 1. The Balaban J connectivity index is 2.16. The topological polar surface area (TPSA) is 42.0 Å². The molecule has 0 saturated carbocycles. The summed E-state index contributed by atoms with van der Waals surface area (Å²) in [7, 11) is 0. The number of aromatic nitrogens is 1. The molecule has 3 nitrogen and oxygen atoms in total. The predicted molar refractivity (Wildman–Crippen MR) is 73.1 cm³/mol. The zero-order valence-electron chi connectivity index (χ0n) is 10.2. The van der Waals surface area contributed by atoms with E-state index in [9.17, 15) is 4.79 Å². The lowest BCUT2D eigenvalue weighted by atomic mass is 10.2. The van der Waals surface area contributed by atoms with Crippen LogP contribution in [-0.2, 0) is 0 Å². The maximum Gasteiger partial charge on any atom is 0.257 e. The van der Waals surface area contributed by atoms with Gasteiger partial charge in [-0.1, -0.05) is 17.7 Å². The van der Waals surface area contributed by atoms with Gasteiger partial charge in [-0.2, -0.15) is 0 Å². The molecular weight excluding hydrogens is 248 g/mol. The fraction of sp³-hybridized carbons (Fsp3) is 0.143. The molecule has 18 heavy (non-hydrogen) atoms. The van der Waals surface area contributed by atoms with Gasteiger partial charge in [0.05, 0.1) is 5.56 Å². The Hall–Kier alpha value is -1.87. The molecule has 0 unspecified atom stereocenters. The Kier molecular flexibility index (Phi) is 3.63. The summed E-state index contributed by atoms with van der Waals surface area (Å²) in [4.78, 5) is 16.0. The highest BCUT2D eigenvalue weighted by Gasteiger charge is 2.07. The van der Waals surface area contributed by atoms with E-state index in [1.165, 1.54) is 0 Å². The molecule has 0 aliphatic rings. The minimum atomic E-state index is -0.192. The van der Waals surface area contributed by atoms with Gasteiger partial charge in [0.1, 0.15) is 0 Å². The van der Waals surface area contributed by atoms with Crippen LogP contribution < -0.4 is 5.32 Å². The number of nitrogens with one attached hydrogen (secondary N) is 1. The van der Waals surface area contributed by atoms with Gasteiger partial charge in [-0.3, -0.25) is 9.78 Å². The van der Waals surface area contributed by atoms with Crippen LogP contribution in [0.15, 0.2) is 36.5 Å². The highest BCUT2D eigenvalue weighted by atomic mass is 35.5. The van der Waals surface area contributed by atoms with E-state index >= 15 is 0 Å². The molecule has 1 aromatic carbocycles. The molecule has 0 fully saturated rings. The Morgan fingerprint density at radius 1 is 1.22 bits per heavy atom. The van der Waals surface area contributed by atoms with Crippen molar-refractivity contribution in [1.29, 1.82) is 0 Å². The zero-order valence-corrected chi connectivity index (χ0v) is 11.0. The van der Waals surface area contributed by atoms with Gasteiger partial charge in [-0.25, -0.2) is 0 Å². The second-order valence-electron chi connectivity index (χ2n) is 4.11. The molecule has 0 bridgehead atoms. The van der Waals surface area contributed by atoms with Crippen molar-refractivity contribution in [3.05, 3.63) is 58.4 Å². The lowest BCUT2D eigenvalue weighted by Crippen LogP contribution is -2.12. The number of aryl methyl sites for hydroxylation is 2. The van der Waals surface area contributed by atoms with Crippen LogP contribution in [-0.4, -0.2) is 10.9 Å². The summed E-state index contributed by atoms with van der Waals surface area (Å²) in [6.07, 6.45) is 1.56. The first-order valence-electron chi connectivity index (χ1n) is 5.56. The molecule has 4 heteroatoms. The molecule has 1 heterocycles. The van der Waals surface area contributed by atoms with Crippen molar-refractivity contribution in [3.63, 3.8) is 0 Å². The van der Waals surface area contributed by atoms with Crippen LogP contribution in [0.4, 0.5) is 5.69 Å². The molecule has 0 spiro atoms. The minimum Gasteiger partial charge on any atom is -0.322 e. The predicted octanol–water partition coefficient (Wildman–Crippen LogP) is 3.60. The van der Waals surface area contributed by atoms with E-state index in [0.717, 1.165) is 11.3 Å². The molecule has 0 radical (unpaired) electrons. The van der Waals surface area contributed by atoms with Crippen LogP contribution in [0, 0.1) is 13.8 Å². The minimum absolute atomic E-state index is 0.192. The van der Waals surface area contributed by atoms with Crippen LogP contribution in [0.3, 0.4) is 0 Å². The number of benzene rings is 1. The van der Waals surface area contributed by atoms with E-state index in [0.29, 0.717) is 16.3 Å². The molecule has 0 aliphatic carbocycles. The smallest absolute Gasteiger partial charge is 0.257 e. The number of rotatable bonds is 2. The second kappa shape index (κ2) is 5.19. The van der Waals surface area contributed by atoms with Crippen molar-refractivity contribution < 1.29 is 4.79 Å². The number of hydrogen-bond acceptors (Lipinski definition) is 2. The Morgan fingerprint density at radius 2 is 2.00 bits per heavy atom. The summed E-state index contributed by atoms with van der Waals surface area (Å²) in [6, 6.07) is 8.97. The van der Waals surface area contributed by atoms with Gasteiger partial charge in [0.15, 0.2) is 0 Å². The van der Waals surface area contributed by atoms with E-state index in [-0.39, 0.29) is 5.91 Å². The van der Waals surface area contributed by atoms with E-state index in [1.54, 1.807) is 24.4 Å². The Morgan fingerprint density at radius 3 is 2.61 bits per heavy atom. The molecule has 0 aliphatic heterocycles. The zero-order chi connectivity index (χ0) is 13.1. The maximum atomic E-state index is 11.9. The highest BCUT2D eigenvalue weighted by Crippen LogP contribution is 2.20. The van der Waals surface area contributed by atoms with Gasteiger partial charge in [0.2, 0.25) is 0 Å². The van der Waals surface area contributed by atoms with Crippen molar-refractivity contribution in [2.45, 2.75) is 13.8 Å². The van der Waals surface area contributed by atoms with E-state index in [2.05, 4.69) is 10.3 Å². The molecule has 2 aromatic rings. The molecular formula is C14H13ClN2O. The summed E-state index contributed by atoms with van der Waals surface area (Å²) >= 11 is 6.00.